The Morgan fingerprint density at radius 1 is 0.350 bits per heavy atom. The van der Waals surface area contributed by atoms with Crippen molar-refractivity contribution in [2.75, 3.05) is 0 Å². The van der Waals surface area contributed by atoms with Crippen molar-refractivity contribution in [3.05, 3.63) is 192 Å². The van der Waals surface area contributed by atoms with E-state index in [-0.39, 0.29) is 0 Å². The average molecular weight is 768 g/mol. The van der Waals surface area contributed by atoms with Gasteiger partial charge in [0, 0.05) is 66.2 Å². The highest BCUT2D eigenvalue weighted by Crippen LogP contribution is 2.45. The molecule has 4 aromatic heterocycles. The third-order valence-electron chi connectivity index (χ3n) is 13.2. The molecular weight excluding hydrogens is 731 g/mol. The molecule has 0 N–H and O–H groups in total. The van der Waals surface area contributed by atoms with E-state index < -0.39 is 0 Å². The van der Waals surface area contributed by atoms with Gasteiger partial charge in [-0.1, -0.05) is 109 Å². The molecule has 13 rings (SSSR count). The molecule has 4 heterocycles. The first kappa shape index (κ1) is 33.2. The highest BCUT2D eigenvalue weighted by molar-refractivity contribution is 6.13. The van der Waals surface area contributed by atoms with E-state index in [0.29, 0.717) is 5.56 Å². The molecule has 282 valence electrons. The first-order valence-corrected chi connectivity index (χ1v) is 20.9. The fourth-order valence-electron chi connectivity index (χ4n) is 10.8. The predicted molar refractivity (Wildman–Crippen MR) is 249 cm³/mol. The summed E-state index contributed by atoms with van der Waals surface area (Å²) >= 11 is 0. The average Bonchev–Trinajstić information content (AvgIpc) is 4.03. The molecular formula is C55H37N5. The zero-order valence-electron chi connectivity index (χ0n) is 32.8. The number of hydrogen-bond donors (Lipinski definition) is 0. The molecule has 0 bridgehead atoms. The topological polar surface area (TPSA) is 43.5 Å². The van der Waals surface area contributed by atoms with Crippen LogP contribution in [0.4, 0.5) is 0 Å². The molecule has 0 atom stereocenters. The van der Waals surface area contributed by atoms with E-state index in [1.165, 1.54) is 88.3 Å². The van der Waals surface area contributed by atoms with E-state index in [1.807, 2.05) is 6.07 Å². The Morgan fingerprint density at radius 3 is 1.07 bits per heavy atom. The van der Waals surface area contributed by atoms with Gasteiger partial charge < -0.3 is 18.3 Å². The predicted octanol–water partition coefficient (Wildman–Crippen LogP) is 13.6. The molecule has 0 amide bonds. The van der Waals surface area contributed by atoms with Gasteiger partial charge in [0.2, 0.25) is 0 Å². The van der Waals surface area contributed by atoms with Crippen molar-refractivity contribution >= 4 is 89.0 Å². The van der Waals surface area contributed by atoms with Crippen molar-refractivity contribution in [3.63, 3.8) is 0 Å². The Kier molecular flexibility index (Phi) is 6.97. The summed E-state index contributed by atoms with van der Waals surface area (Å²) in [5, 5.41) is 18.0. The number of nitrogens with zero attached hydrogens (tertiary/aromatic N) is 5. The molecule has 0 unspecified atom stereocenters. The van der Waals surface area contributed by atoms with Crippen molar-refractivity contribution < 1.29 is 0 Å². The Morgan fingerprint density at radius 2 is 0.700 bits per heavy atom. The minimum Gasteiger partial charge on any atom is -0.315 e. The summed E-state index contributed by atoms with van der Waals surface area (Å²) < 4.78 is 9.95. The maximum absolute atomic E-state index is 10.4. The highest BCUT2D eigenvalue weighted by Gasteiger charge is 2.31. The van der Waals surface area contributed by atoms with Gasteiger partial charge in [-0.3, -0.25) is 0 Å². The number of benzene rings is 7. The number of allylic oxidation sites excluding steroid dienone is 2. The van der Waals surface area contributed by atoms with Gasteiger partial charge in [0.15, 0.2) is 0 Å². The number of rotatable bonds is 4. The van der Waals surface area contributed by atoms with E-state index in [0.717, 1.165) is 48.1 Å². The van der Waals surface area contributed by atoms with Crippen LogP contribution in [0, 0.1) is 11.3 Å². The Bertz CT molecular complexity index is 3420. The van der Waals surface area contributed by atoms with Gasteiger partial charge >= 0.3 is 0 Å². The molecule has 2 aliphatic rings. The fraction of sp³-hybridized carbons (Fsp3) is 0.0727. The first-order valence-electron chi connectivity index (χ1n) is 20.9. The molecule has 60 heavy (non-hydrogen) atoms. The van der Waals surface area contributed by atoms with Crippen molar-refractivity contribution in [2.24, 2.45) is 0 Å². The second-order valence-electron chi connectivity index (χ2n) is 16.3. The Balaban J connectivity index is 1.12. The number of fused-ring (bicyclic) bond motifs is 12. The lowest BCUT2D eigenvalue weighted by molar-refractivity contribution is 0.802. The highest BCUT2D eigenvalue weighted by atomic mass is 15.1. The van der Waals surface area contributed by atoms with Gasteiger partial charge in [0.05, 0.1) is 56.1 Å². The molecule has 2 aliphatic carbocycles. The molecule has 0 fully saturated rings. The summed E-state index contributed by atoms with van der Waals surface area (Å²) in [5.74, 6) is 0. The molecule has 5 heteroatoms. The zero-order chi connectivity index (χ0) is 39.5. The standard InChI is InChI=1S/C55H37N5/c56-34-35-25-28-54(59-50-23-11-5-17-42(50)43-18-6-12-24-51(43)59)55(31-35)60-52-29-26-36(57-46-19-7-1-13-38(46)39-14-2-8-20-47(39)57)32-44(52)45-33-37(27-30-53(45)60)58-48-21-9-3-15-40(48)41-16-4-10-22-49(41)58/h1-25,28,31-33H,26-27,29-30H2. The summed E-state index contributed by atoms with van der Waals surface area (Å²) in [4.78, 5) is 0. The van der Waals surface area contributed by atoms with Crippen LogP contribution in [0.25, 0.3) is 100 Å². The van der Waals surface area contributed by atoms with Crippen LogP contribution in [-0.2, 0) is 12.8 Å². The minimum absolute atomic E-state index is 0.653. The largest absolute Gasteiger partial charge is 0.315 e. The van der Waals surface area contributed by atoms with Crippen molar-refractivity contribution in [3.8, 4) is 17.4 Å². The smallest absolute Gasteiger partial charge is 0.0992 e. The van der Waals surface area contributed by atoms with Crippen molar-refractivity contribution in [1.82, 2.24) is 18.3 Å². The molecule has 0 aliphatic heterocycles. The van der Waals surface area contributed by atoms with Crippen LogP contribution >= 0.6 is 0 Å². The maximum atomic E-state index is 10.4. The van der Waals surface area contributed by atoms with E-state index >= 15 is 0 Å². The van der Waals surface area contributed by atoms with Crippen LogP contribution in [-0.4, -0.2) is 18.3 Å². The van der Waals surface area contributed by atoms with Crippen LogP contribution in [0.15, 0.2) is 164 Å². The second kappa shape index (κ2) is 12.6. The minimum atomic E-state index is 0.653. The maximum Gasteiger partial charge on any atom is 0.0992 e. The Hall–Kier alpha value is -7.81. The molecule has 0 radical (unpaired) electrons. The SMILES string of the molecule is N#Cc1ccc(-n2c3ccccc3c3ccccc32)c(-n2c3c(c4c2CCC(n2c5ccccc5c5ccccc52)=C4)C=C(n2c4ccccc4c4ccccc42)CC3)c1. The second-order valence-corrected chi connectivity index (χ2v) is 16.3. The lowest BCUT2D eigenvalue weighted by Crippen LogP contribution is -2.13. The molecule has 0 saturated carbocycles. The molecule has 5 nitrogen and oxygen atoms in total. The van der Waals surface area contributed by atoms with Crippen LogP contribution < -0.4 is 0 Å². The third kappa shape index (κ3) is 4.56. The summed E-state index contributed by atoms with van der Waals surface area (Å²) in [6.45, 7) is 0. The number of nitriles is 1. The van der Waals surface area contributed by atoms with E-state index in [4.69, 9.17) is 0 Å². The van der Waals surface area contributed by atoms with Crippen LogP contribution in [0.1, 0.15) is 40.9 Å². The van der Waals surface area contributed by atoms with Crippen LogP contribution in [0.2, 0.25) is 0 Å². The van der Waals surface area contributed by atoms with Crippen molar-refractivity contribution in [1.29, 1.82) is 5.26 Å². The monoisotopic (exact) mass is 767 g/mol. The van der Waals surface area contributed by atoms with Gasteiger partial charge in [-0.25, -0.2) is 0 Å². The Labute approximate surface area is 346 Å². The third-order valence-corrected chi connectivity index (χ3v) is 13.2. The van der Waals surface area contributed by atoms with Gasteiger partial charge in [0.25, 0.3) is 0 Å². The van der Waals surface area contributed by atoms with Crippen molar-refractivity contribution in [2.45, 2.75) is 25.7 Å². The molecule has 0 saturated heterocycles. The summed E-state index contributed by atoms with van der Waals surface area (Å²) in [6.07, 6.45) is 8.43. The van der Waals surface area contributed by atoms with Crippen LogP contribution in [0.5, 0.6) is 0 Å². The van der Waals surface area contributed by atoms with E-state index in [2.05, 4.69) is 194 Å². The fourth-order valence-corrected chi connectivity index (χ4v) is 10.8. The van der Waals surface area contributed by atoms with E-state index in [1.54, 1.807) is 0 Å². The van der Waals surface area contributed by atoms with Gasteiger partial charge in [0.1, 0.15) is 0 Å². The van der Waals surface area contributed by atoms with Gasteiger partial charge in [-0.05, 0) is 92.4 Å². The first-order chi connectivity index (χ1) is 29.7. The van der Waals surface area contributed by atoms with Gasteiger partial charge in [-0.15, -0.1) is 0 Å². The quantitative estimate of drug-likeness (QED) is 0.176. The van der Waals surface area contributed by atoms with Crippen LogP contribution in [0.3, 0.4) is 0 Å². The molecule has 0 spiro atoms. The lowest BCUT2D eigenvalue weighted by Gasteiger charge is -2.23. The summed E-state index contributed by atoms with van der Waals surface area (Å²) in [6, 6.07) is 61.4. The molecule has 7 aromatic carbocycles. The van der Waals surface area contributed by atoms with Gasteiger partial charge in [-0.2, -0.15) is 5.26 Å². The number of hydrogen-bond acceptors (Lipinski definition) is 1. The molecule has 11 aromatic rings. The lowest BCUT2D eigenvalue weighted by atomic mass is 9.94. The summed E-state index contributed by atoms with van der Waals surface area (Å²) in [5.41, 5.74) is 17.7. The zero-order valence-corrected chi connectivity index (χ0v) is 32.8. The summed E-state index contributed by atoms with van der Waals surface area (Å²) in [7, 11) is 0. The number of para-hydroxylation sites is 6. The number of aromatic nitrogens is 4. The normalized spacial score (nSPS) is 13.9. The van der Waals surface area contributed by atoms with E-state index in [9.17, 15) is 5.26 Å².